The van der Waals surface area contributed by atoms with Gasteiger partial charge in [-0.15, -0.1) is 12.4 Å². The van der Waals surface area contributed by atoms with Gasteiger partial charge in [-0.05, 0) is 61.6 Å². The average Bonchev–Trinajstić information content (AvgIpc) is 2.42. The van der Waals surface area contributed by atoms with Gasteiger partial charge in [0.15, 0.2) is 0 Å². The SMILES string of the molecule is COc1ccc(CN2C3CC4CC(C3)CC2(O)C4)cc1.Cl. The van der Waals surface area contributed by atoms with Gasteiger partial charge in [0, 0.05) is 12.6 Å². The molecule has 4 bridgehead atoms. The summed E-state index contributed by atoms with van der Waals surface area (Å²) >= 11 is 0. The van der Waals surface area contributed by atoms with E-state index in [1.165, 1.54) is 24.8 Å². The Bertz CT molecular complexity index is 490. The zero-order chi connectivity index (χ0) is 13.7. The third-order valence-corrected chi connectivity index (χ3v) is 5.60. The number of aliphatic hydroxyl groups is 1. The van der Waals surface area contributed by atoms with Crippen molar-refractivity contribution in [1.82, 2.24) is 4.90 Å². The maximum atomic E-state index is 11.0. The molecule has 2 saturated heterocycles. The molecule has 4 aliphatic rings. The number of ether oxygens (including phenoxy) is 1. The van der Waals surface area contributed by atoms with Crippen LogP contribution < -0.4 is 4.74 Å². The number of methoxy groups -OCH3 is 1. The third-order valence-electron chi connectivity index (χ3n) is 5.60. The molecule has 2 saturated carbocycles. The lowest BCUT2D eigenvalue weighted by molar-refractivity contribution is -0.236. The highest BCUT2D eigenvalue weighted by Crippen LogP contribution is 2.53. The second-order valence-corrected chi connectivity index (χ2v) is 6.96. The topological polar surface area (TPSA) is 32.7 Å². The summed E-state index contributed by atoms with van der Waals surface area (Å²) in [6.45, 7) is 0.866. The molecule has 1 aromatic rings. The molecule has 1 aromatic carbocycles. The maximum absolute atomic E-state index is 11.0. The van der Waals surface area contributed by atoms with Gasteiger partial charge in [0.2, 0.25) is 0 Å². The number of nitrogens with zero attached hydrogens (tertiary/aromatic N) is 1. The van der Waals surface area contributed by atoms with Gasteiger partial charge in [0.05, 0.1) is 7.11 Å². The Morgan fingerprint density at radius 2 is 1.76 bits per heavy atom. The smallest absolute Gasteiger partial charge is 0.119 e. The van der Waals surface area contributed by atoms with E-state index < -0.39 is 5.72 Å². The van der Waals surface area contributed by atoms with Crippen molar-refractivity contribution in [1.29, 1.82) is 0 Å². The molecule has 1 N–H and O–H groups in total. The highest BCUT2D eigenvalue weighted by molar-refractivity contribution is 5.85. The molecule has 116 valence electrons. The molecule has 0 radical (unpaired) electrons. The van der Waals surface area contributed by atoms with E-state index in [4.69, 9.17) is 4.74 Å². The Balaban J connectivity index is 0.00000132. The van der Waals surface area contributed by atoms with E-state index in [0.29, 0.717) is 6.04 Å². The lowest BCUT2D eigenvalue weighted by Crippen LogP contribution is -2.65. The Kier molecular flexibility index (Phi) is 3.93. The van der Waals surface area contributed by atoms with E-state index in [9.17, 15) is 5.11 Å². The van der Waals surface area contributed by atoms with Crippen LogP contribution in [0.2, 0.25) is 0 Å². The molecular weight excluding hydrogens is 286 g/mol. The summed E-state index contributed by atoms with van der Waals surface area (Å²) in [5.74, 6) is 2.43. The third kappa shape index (κ3) is 2.56. The van der Waals surface area contributed by atoms with Crippen molar-refractivity contribution in [3.05, 3.63) is 29.8 Å². The summed E-state index contributed by atoms with van der Waals surface area (Å²) in [5.41, 5.74) is 0.737. The predicted octanol–water partition coefficient (Wildman–Crippen LogP) is 3.20. The molecular formula is C17H24ClNO2. The average molecular weight is 310 g/mol. The van der Waals surface area contributed by atoms with Crippen LogP contribution in [0, 0.1) is 11.8 Å². The van der Waals surface area contributed by atoms with Crippen molar-refractivity contribution in [3.63, 3.8) is 0 Å². The summed E-state index contributed by atoms with van der Waals surface area (Å²) < 4.78 is 5.21. The number of hydrogen-bond donors (Lipinski definition) is 1. The van der Waals surface area contributed by atoms with Crippen LogP contribution in [-0.4, -0.2) is 28.9 Å². The molecule has 2 aliphatic carbocycles. The highest BCUT2D eigenvalue weighted by atomic mass is 35.5. The first-order valence-corrected chi connectivity index (χ1v) is 7.78. The van der Waals surface area contributed by atoms with Crippen LogP contribution in [0.4, 0.5) is 0 Å². The van der Waals surface area contributed by atoms with E-state index in [-0.39, 0.29) is 12.4 Å². The van der Waals surface area contributed by atoms with E-state index in [0.717, 1.165) is 37.0 Å². The van der Waals surface area contributed by atoms with Crippen LogP contribution in [0.5, 0.6) is 5.75 Å². The quantitative estimate of drug-likeness (QED) is 0.930. The highest BCUT2D eigenvalue weighted by Gasteiger charge is 2.54. The van der Waals surface area contributed by atoms with Crippen LogP contribution >= 0.6 is 12.4 Å². The fourth-order valence-corrected chi connectivity index (χ4v) is 4.90. The number of rotatable bonds is 3. The summed E-state index contributed by atoms with van der Waals surface area (Å²) in [6.07, 6.45) is 5.89. The molecule has 0 aromatic heterocycles. The molecule has 2 aliphatic heterocycles. The van der Waals surface area contributed by atoms with E-state index >= 15 is 0 Å². The maximum Gasteiger partial charge on any atom is 0.119 e. The monoisotopic (exact) mass is 309 g/mol. The summed E-state index contributed by atoms with van der Waals surface area (Å²) in [4.78, 5) is 2.38. The summed E-state index contributed by atoms with van der Waals surface area (Å²) in [6, 6.07) is 8.85. The molecule has 3 nitrogen and oxygen atoms in total. The van der Waals surface area contributed by atoms with Gasteiger partial charge in [-0.2, -0.15) is 0 Å². The molecule has 0 amide bonds. The van der Waals surface area contributed by atoms with Crippen molar-refractivity contribution in [2.45, 2.75) is 50.4 Å². The number of halogens is 1. The first-order valence-electron chi connectivity index (χ1n) is 7.78. The van der Waals surface area contributed by atoms with Crippen LogP contribution in [-0.2, 0) is 6.54 Å². The van der Waals surface area contributed by atoms with Crippen LogP contribution in [0.1, 0.15) is 37.7 Å². The number of benzene rings is 1. The standard InChI is InChI=1S/C17H23NO2.ClH/c1-20-16-4-2-12(3-5-16)11-18-15-7-13-6-14(8-15)10-17(18,19)9-13;/h2-5,13-15,19H,6-11H2,1H3;1H. The molecule has 2 heterocycles. The minimum atomic E-state index is -0.533. The Morgan fingerprint density at radius 1 is 1.14 bits per heavy atom. The summed E-state index contributed by atoms with van der Waals surface area (Å²) in [5, 5.41) is 11.0. The van der Waals surface area contributed by atoms with Gasteiger partial charge < -0.3 is 9.84 Å². The zero-order valence-electron chi connectivity index (χ0n) is 12.5. The first-order chi connectivity index (χ1) is 9.66. The second kappa shape index (κ2) is 5.45. The van der Waals surface area contributed by atoms with Crippen molar-refractivity contribution < 1.29 is 9.84 Å². The zero-order valence-corrected chi connectivity index (χ0v) is 13.3. The number of hydrogen-bond acceptors (Lipinski definition) is 3. The number of piperidine rings is 2. The Labute approximate surface area is 132 Å². The van der Waals surface area contributed by atoms with Crippen molar-refractivity contribution in [2.24, 2.45) is 11.8 Å². The van der Waals surface area contributed by atoms with E-state index in [1.807, 2.05) is 12.1 Å². The molecule has 0 spiro atoms. The molecule has 2 atom stereocenters. The fourth-order valence-electron chi connectivity index (χ4n) is 4.90. The lowest BCUT2D eigenvalue weighted by atomic mass is 9.62. The van der Waals surface area contributed by atoms with Gasteiger partial charge in [0.25, 0.3) is 0 Å². The Morgan fingerprint density at radius 3 is 2.29 bits per heavy atom. The molecule has 5 rings (SSSR count). The first kappa shape index (κ1) is 15.1. The molecule has 4 fully saturated rings. The minimum absolute atomic E-state index is 0. The molecule has 2 unspecified atom stereocenters. The van der Waals surface area contributed by atoms with Crippen molar-refractivity contribution >= 4 is 12.4 Å². The van der Waals surface area contributed by atoms with E-state index in [1.54, 1.807) is 7.11 Å². The van der Waals surface area contributed by atoms with Crippen molar-refractivity contribution in [2.75, 3.05) is 7.11 Å². The van der Waals surface area contributed by atoms with Crippen LogP contribution in [0.25, 0.3) is 0 Å². The van der Waals surface area contributed by atoms with Crippen LogP contribution in [0.3, 0.4) is 0 Å². The van der Waals surface area contributed by atoms with Gasteiger partial charge in [-0.25, -0.2) is 0 Å². The Hall–Kier alpha value is -0.770. The normalized spacial score (nSPS) is 37.3. The molecule has 4 heteroatoms. The predicted molar refractivity (Wildman–Crippen MR) is 84.6 cm³/mol. The van der Waals surface area contributed by atoms with Gasteiger partial charge in [0.1, 0.15) is 11.5 Å². The fraction of sp³-hybridized carbons (Fsp3) is 0.647. The second-order valence-electron chi connectivity index (χ2n) is 6.96. The molecule has 21 heavy (non-hydrogen) atoms. The lowest BCUT2D eigenvalue weighted by Gasteiger charge is -2.61. The van der Waals surface area contributed by atoms with E-state index in [2.05, 4.69) is 17.0 Å². The van der Waals surface area contributed by atoms with Gasteiger partial charge in [-0.3, -0.25) is 4.90 Å². The van der Waals surface area contributed by atoms with Crippen LogP contribution in [0.15, 0.2) is 24.3 Å². The van der Waals surface area contributed by atoms with Crippen molar-refractivity contribution in [3.8, 4) is 5.75 Å². The largest absolute Gasteiger partial charge is 0.497 e. The van der Waals surface area contributed by atoms with Gasteiger partial charge in [-0.1, -0.05) is 12.1 Å². The summed E-state index contributed by atoms with van der Waals surface area (Å²) in [7, 11) is 1.69. The van der Waals surface area contributed by atoms with Gasteiger partial charge >= 0.3 is 0 Å². The minimum Gasteiger partial charge on any atom is -0.497 e.